The summed E-state index contributed by atoms with van der Waals surface area (Å²) >= 11 is 0. The van der Waals surface area contributed by atoms with E-state index in [1.165, 1.54) is 12.8 Å². The summed E-state index contributed by atoms with van der Waals surface area (Å²) in [7, 11) is 1.65. The number of nitrogens with one attached hydrogen (secondary N) is 1. The SMILES string of the molecule is CCCNc1nc(OC(C)COC)nc(N2CCCC2)n1. The molecule has 1 N–H and O–H groups in total. The lowest BCUT2D eigenvalue weighted by atomic mass is 10.4. The van der Waals surface area contributed by atoms with Crippen LogP contribution in [-0.2, 0) is 4.74 Å². The third-order valence-electron chi connectivity index (χ3n) is 3.23. The summed E-state index contributed by atoms with van der Waals surface area (Å²) in [6.45, 7) is 7.35. The van der Waals surface area contributed by atoms with Crippen molar-refractivity contribution in [3.63, 3.8) is 0 Å². The maximum absolute atomic E-state index is 5.72. The molecule has 1 aliphatic rings. The number of anilines is 2. The molecule has 1 aromatic rings. The van der Waals surface area contributed by atoms with E-state index in [0.717, 1.165) is 26.1 Å². The number of hydrogen-bond acceptors (Lipinski definition) is 7. The van der Waals surface area contributed by atoms with Crippen molar-refractivity contribution < 1.29 is 9.47 Å². The van der Waals surface area contributed by atoms with E-state index in [2.05, 4.69) is 32.1 Å². The monoisotopic (exact) mass is 295 g/mol. The van der Waals surface area contributed by atoms with E-state index in [0.29, 0.717) is 24.5 Å². The maximum atomic E-state index is 5.72. The van der Waals surface area contributed by atoms with E-state index >= 15 is 0 Å². The van der Waals surface area contributed by atoms with E-state index in [4.69, 9.17) is 9.47 Å². The highest BCUT2D eigenvalue weighted by Gasteiger charge is 2.18. The van der Waals surface area contributed by atoms with Gasteiger partial charge >= 0.3 is 6.01 Å². The molecule has 1 atom stereocenters. The van der Waals surface area contributed by atoms with Crippen molar-refractivity contribution >= 4 is 11.9 Å². The Morgan fingerprint density at radius 3 is 2.67 bits per heavy atom. The molecule has 0 saturated carbocycles. The van der Waals surface area contributed by atoms with Crippen LogP contribution in [-0.4, -0.2) is 54.4 Å². The Kier molecular flexibility index (Phi) is 5.98. The van der Waals surface area contributed by atoms with Crippen LogP contribution < -0.4 is 15.0 Å². The van der Waals surface area contributed by atoms with Crippen molar-refractivity contribution in [2.75, 3.05) is 43.6 Å². The third-order valence-corrected chi connectivity index (χ3v) is 3.23. The van der Waals surface area contributed by atoms with Gasteiger partial charge in [0, 0.05) is 26.7 Å². The molecular weight excluding hydrogens is 270 g/mol. The van der Waals surface area contributed by atoms with Crippen molar-refractivity contribution in [2.24, 2.45) is 0 Å². The fourth-order valence-electron chi connectivity index (χ4n) is 2.22. The highest BCUT2D eigenvalue weighted by atomic mass is 16.5. The molecule has 2 heterocycles. The van der Waals surface area contributed by atoms with Gasteiger partial charge in [-0.3, -0.25) is 0 Å². The topological polar surface area (TPSA) is 72.4 Å². The molecule has 2 rings (SSSR count). The average Bonchev–Trinajstić information content (AvgIpc) is 2.99. The quantitative estimate of drug-likeness (QED) is 0.782. The Balaban J connectivity index is 2.14. The van der Waals surface area contributed by atoms with E-state index < -0.39 is 0 Å². The lowest BCUT2D eigenvalue weighted by molar-refractivity contribution is 0.0855. The van der Waals surface area contributed by atoms with E-state index in [1.807, 2.05) is 6.92 Å². The van der Waals surface area contributed by atoms with Crippen LogP contribution in [0.1, 0.15) is 33.1 Å². The van der Waals surface area contributed by atoms with Gasteiger partial charge in [0.05, 0.1) is 6.61 Å². The van der Waals surface area contributed by atoms with Crippen LogP contribution in [0.4, 0.5) is 11.9 Å². The Morgan fingerprint density at radius 2 is 2.00 bits per heavy atom. The molecular formula is C14H25N5O2. The van der Waals surface area contributed by atoms with Crippen molar-refractivity contribution in [2.45, 2.75) is 39.2 Å². The number of rotatable bonds is 8. The molecule has 0 radical (unpaired) electrons. The second-order valence-electron chi connectivity index (χ2n) is 5.25. The molecule has 21 heavy (non-hydrogen) atoms. The number of methoxy groups -OCH3 is 1. The molecule has 7 nitrogen and oxygen atoms in total. The molecule has 0 aromatic carbocycles. The van der Waals surface area contributed by atoms with Crippen molar-refractivity contribution in [3.05, 3.63) is 0 Å². The fourth-order valence-corrected chi connectivity index (χ4v) is 2.22. The van der Waals surface area contributed by atoms with Gasteiger partial charge in [-0.25, -0.2) is 0 Å². The summed E-state index contributed by atoms with van der Waals surface area (Å²) in [5, 5.41) is 3.20. The van der Waals surface area contributed by atoms with E-state index in [1.54, 1.807) is 7.11 Å². The summed E-state index contributed by atoms with van der Waals surface area (Å²) in [5.74, 6) is 1.27. The van der Waals surface area contributed by atoms with Gasteiger partial charge in [0.2, 0.25) is 11.9 Å². The summed E-state index contributed by atoms with van der Waals surface area (Å²) in [6.07, 6.45) is 3.28. The highest BCUT2D eigenvalue weighted by Crippen LogP contribution is 2.20. The first-order valence-electron chi connectivity index (χ1n) is 7.63. The normalized spacial score (nSPS) is 16.0. The lowest BCUT2D eigenvalue weighted by Crippen LogP contribution is -2.24. The standard InChI is InChI=1S/C14H25N5O2/c1-4-7-15-12-16-13(19-8-5-6-9-19)18-14(17-12)21-11(2)10-20-3/h11H,4-10H2,1-3H3,(H,15,16,17,18). The number of hydrogen-bond donors (Lipinski definition) is 1. The zero-order chi connectivity index (χ0) is 15.1. The van der Waals surface area contributed by atoms with Gasteiger partial charge < -0.3 is 19.7 Å². The second kappa shape index (κ2) is 7.97. The predicted molar refractivity (Wildman–Crippen MR) is 82.0 cm³/mol. The van der Waals surface area contributed by atoms with Crippen LogP contribution in [0.5, 0.6) is 6.01 Å². The molecule has 1 saturated heterocycles. The van der Waals surface area contributed by atoms with Crippen LogP contribution in [0.3, 0.4) is 0 Å². The Labute approximate surface area is 126 Å². The molecule has 1 aromatic heterocycles. The second-order valence-corrected chi connectivity index (χ2v) is 5.25. The van der Waals surface area contributed by atoms with Gasteiger partial charge in [-0.2, -0.15) is 15.0 Å². The zero-order valence-corrected chi connectivity index (χ0v) is 13.1. The van der Waals surface area contributed by atoms with Gasteiger partial charge in [0.25, 0.3) is 0 Å². The number of aromatic nitrogens is 3. The Hall–Kier alpha value is -1.63. The summed E-state index contributed by atoms with van der Waals surface area (Å²) < 4.78 is 10.8. The molecule has 0 bridgehead atoms. The minimum Gasteiger partial charge on any atom is -0.458 e. The largest absolute Gasteiger partial charge is 0.458 e. The summed E-state index contributed by atoms with van der Waals surface area (Å²) in [6, 6.07) is 0.357. The van der Waals surface area contributed by atoms with Gasteiger partial charge in [-0.15, -0.1) is 0 Å². The fraction of sp³-hybridized carbons (Fsp3) is 0.786. The van der Waals surface area contributed by atoms with Crippen LogP contribution in [0.25, 0.3) is 0 Å². The smallest absolute Gasteiger partial charge is 0.323 e. The Morgan fingerprint density at radius 1 is 1.24 bits per heavy atom. The maximum Gasteiger partial charge on any atom is 0.323 e. The van der Waals surface area contributed by atoms with Crippen LogP contribution in [0, 0.1) is 0 Å². The summed E-state index contributed by atoms with van der Waals surface area (Å²) in [5.41, 5.74) is 0. The average molecular weight is 295 g/mol. The summed E-state index contributed by atoms with van der Waals surface area (Å²) in [4.78, 5) is 15.4. The van der Waals surface area contributed by atoms with Gasteiger partial charge in [0.15, 0.2) is 0 Å². The lowest BCUT2D eigenvalue weighted by Gasteiger charge is -2.18. The predicted octanol–water partition coefficient (Wildman–Crippen LogP) is 1.71. The molecule has 0 amide bonds. The van der Waals surface area contributed by atoms with E-state index in [9.17, 15) is 0 Å². The van der Waals surface area contributed by atoms with Crippen LogP contribution in [0.2, 0.25) is 0 Å². The first-order valence-corrected chi connectivity index (χ1v) is 7.63. The molecule has 0 aliphatic carbocycles. The molecule has 118 valence electrons. The van der Waals surface area contributed by atoms with Crippen molar-refractivity contribution in [1.29, 1.82) is 0 Å². The first kappa shape index (κ1) is 15.8. The molecule has 1 unspecified atom stereocenters. The Bertz CT molecular complexity index is 437. The molecule has 1 aliphatic heterocycles. The van der Waals surface area contributed by atoms with Crippen molar-refractivity contribution in [3.8, 4) is 6.01 Å². The minimum atomic E-state index is -0.0946. The zero-order valence-electron chi connectivity index (χ0n) is 13.1. The third kappa shape index (κ3) is 4.70. The van der Waals surface area contributed by atoms with Gasteiger partial charge in [-0.1, -0.05) is 6.92 Å². The van der Waals surface area contributed by atoms with Crippen molar-refractivity contribution in [1.82, 2.24) is 15.0 Å². The van der Waals surface area contributed by atoms with E-state index in [-0.39, 0.29) is 6.10 Å². The van der Waals surface area contributed by atoms with Gasteiger partial charge in [-0.05, 0) is 26.2 Å². The molecule has 0 spiro atoms. The minimum absolute atomic E-state index is 0.0946. The van der Waals surface area contributed by atoms with Crippen LogP contribution >= 0.6 is 0 Å². The first-order chi connectivity index (χ1) is 10.2. The van der Waals surface area contributed by atoms with Crippen LogP contribution in [0.15, 0.2) is 0 Å². The number of nitrogens with zero attached hydrogens (tertiary/aromatic N) is 4. The van der Waals surface area contributed by atoms with Gasteiger partial charge in [0.1, 0.15) is 6.10 Å². The molecule has 7 heteroatoms. The highest BCUT2D eigenvalue weighted by molar-refractivity contribution is 5.39. The number of ether oxygens (including phenoxy) is 2. The molecule has 1 fully saturated rings.